The number of hydrogen-bond acceptors (Lipinski definition) is 5. The first-order valence-electron chi connectivity index (χ1n) is 5.20. The van der Waals surface area contributed by atoms with Gasteiger partial charge in [0.25, 0.3) is 0 Å². The van der Waals surface area contributed by atoms with Crippen molar-refractivity contribution in [2.75, 3.05) is 24.2 Å². The normalized spacial score (nSPS) is 12.7. The van der Waals surface area contributed by atoms with Crippen molar-refractivity contribution in [3.8, 4) is 0 Å². The van der Waals surface area contributed by atoms with Crippen LogP contribution in [0, 0.1) is 0 Å². The molecule has 0 aliphatic rings. The van der Waals surface area contributed by atoms with Crippen LogP contribution < -0.4 is 11.1 Å². The van der Waals surface area contributed by atoms with Crippen molar-refractivity contribution in [2.45, 2.75) is 17.8 Å². The van der Waals surface area contributed by atoms with E-state index in [-0.39, 0.29) is 12.6 Å². The van der Waals surface area contributed by atoms with Gasteiger partial charge in [0.2, 0.25) is 11.1 Å². The van der Waals surface area contributed by atoms with Crippen molar-refractivity contribution in [2.24, 2.45) is 10.7 Å². The Labute approximate surface area is 110 Å². The number of aliphatic hydroxyl groups is 1. The zero-order valence-corrected chi connectivity index (χ0v) is 10.6. The number of guanidine groups is 1. The predicted molar refractivity (Wildman–Crippen MR) is 65.0 cm³/mol. The van der Waals surface area contributed by atoms with E-state index in [4.69, 9.17) is 10.8 Å². The van der Waals surface area contributed by atoms with Crippen LogP contribution in [0.5, 0.6) is 0 Å². The third-order valence-electron chi connectivity index (χ3n) is 1.67. The first kappa shape index (κ1) is 15.6. The monoisotopic (exact) mass is 298 g/mol. The maximum atomic E-state index is 11.9. The molecule has 0 aliphatic carbocycles. The predicted octanol–water partition coefficient (Wildman–Crippen LogP) is 0.568. The zero-order valence-electron chi connectivity index (χ0n) is 9.74. The molecule has 0 fully saturated rings. The lowest BCUT2D eigenvalue weighted by atomic mass is 10.5. The van der Waals surface area contributed by atoms with Gasteiger partial charge in [-0.05, 0) is 6.42 Å². The average Bonchev–Trinajstić information content (AvgIpc) is 2.74. The van der Waals surface area contributed by atoms with Gasteiger partial charge in [0.15, 0.2) is 5.96 Å². The summed E-state index contributed by atoms with van der Waals surface area (Å²) in [6.07, 6.45) is -3.81. The first-order valence-corrected chi connectivity index (χ1v) is 6.19. The number of anilines is 1. The fourth-order valence-corrected chi connectivity index (χ4v) is 1.65. The maximum absolute atomic E-state index is 11.9. The van der Waals surface area contributed by atoms with Crippen LogP contribution in [-0.2, 0) is 0 Å². The fraction of sp³-hybridized carbons (Fsp3) is 0.625. The molecule has 1 aromatic rings. The van der Waals surface area contributed by atoms with Crippen LogP contribution in [0.3, 0.4) is 0 Å². The van der Waals surface area contributed by atoms with Gasteiger partial charge < -0.3 is 10.8 Å². The molecule has 0 aliphatic heterocycles. The van der Waals surface area contributed by atoms with Gasteiger partial charge in [0, 0.05) is 12.4 Å². The van der Waals surface area contributed by atoms with E-state index in [0.717, 1.165) is 0 Å². The third kappa shape index (κ3) is 6.86. The van der Waals surface area contributed by atoms with Gasteiger partial charge in [-0.1, -0.05) is 11.8 Å². The molecule has 0 saturated carbocycles. The van der Waals surface area contributed by atoms with Crippen LogP contribution in [0.1, 0.15) is 6.42 Å². The molecule has 0 aromatic carbocycles. The molecule has 1 aromatic heterocycles. The second-order valence-electron chi connectivity index (χ2n) is 3.33. The SMILES string of the molecule is NC(=NCC(F)(F)F)Nc1nc(SCCCO)n[nH]1. The molecule has 0 bridgehead atoms. The molecule has 0 unspecified atom stereocenters. The van der Waals surface area contributed by atoms with Crippen molar-refractivity contribution >= 4 is 23.7 Å². The van der Waals surface area contributed by atoms with Crippen LogP contribution in [0.15, 0.2) is 10.1 Å². The Hall–Kier alpha value is -1.49. The van der Waals surface area contributed by atoms with Gasteiger partial charge in [0.1, 0.15) is 6.54 Å². The molecule has 0 radical (unpaired) electrons. The lowest BCUT2D eigenvalue weighted by molar-refractivity contribution is -0.118. The highest BCUT2D eigenvalue weighted by molar-refractivity contribution is 7.99. The number of aromatic amines is 1. The van der Waals surface area contributed by atoms with Crippen LogP contribution in [0.2, 0.25) is 0 Å². The van der Waals surface area contributed by atoms with Crippen LogP contribution in [0.25, 0.3) is 0 Å². The van der Waals surface area contributed by atoms with E-state index in [0.29, 0.717) is 17.3 Å². The third-order valence-corrected chi connectivity index (χ3v) is 2.61. The summed E-state index contributed by atoms with van der Waals surface area (Å²) in [4.78, 5) is 7.03. The van der Waals surface area contributed by atoms with Crippen molar-refractivity contribution < 1.29 is 18.3 Å². The standard InChI is InChI=1S/C8H13F3N6OS/c9-8(10,11)4-13-5(12)14-6-15-7(17-16-6)19-3-1-2-18/h18H,1-4H2,(H4,12,13,14,15,16,17). The molecule has 7 nitrogen and oxygen atoms in total. The Balaban J connectivity index is 2.44. The Kier molecular flexibility index (Phi) is 5.89. The van der Waals surface area contributed by atoms with Gasteiger partial charge in [-0.2, -0.15) is 18.2 Å². The summed E-state index contributed by atoms with van der Waals surface area (Å²) in [6.45, 7) is -1.29. The molecular formula is C8H13F3N6OS. The molecule has 11 heteroatoms. The number of halogens is 3. The smallest absolute Gasteiger partial charge is 0.396 e. The highest BCUT2D eigenvalue weighted by atomic mass is 32.2. The Morgan fingerprint density at radius 1 is 1.53 bits per heavy atom. The number of alkyl halides is 3. The second-order valence-corrected chi connectivity index (χ2v) is 4.40. The summed E-state index contributed by atoms with van der Waals surface area (Å²) in [5.74, 6) is 0.334. The summed E-state index contributed by atoms with van der Waals surface area (Å²) in [6, 6.07) is 0. The van der Waals surface area contributed by atoms with Crippen molar-refractivity contribution in [3.63, 3.8) is 0 Å². The largest absolute Gasteiger partial charge is 0.408 e. The van der Waals surface area contributed by atoms with E-state index < -0.39 is 18.7 Å². The number of aromatic nitrogens is 3. The van der Waals surface area contributed by atoms with Crippen LogP contribution >= 0.6 is 11.8 Å². The van der Waals surface area contributed by atoms with Crippen molar-refractivity contribution in [1.82, 2.24) is 15.2 Å². The van der Waals surface area contributed by atoms with Gasteiger partial charge in [-0.15, -0.1) is 5.10 Å². The molecule has 1 rings (SSSR count). The van der Waals surface area contributed by atoms with Crippen molar-refractivity contribution in [3.05, 3.63) is 0 Å². The highest BCUT2D eigenvalue weighted by Crippen LogP contribution is 2.15. The Morgan fingerprint density at radius 3 is 2.89 bits per heavy atom. The minimum Gasteiger partial charge on any atom is -0.396 e. The Morgan fingerprint density at radius 2 is 2.26 bits per heavy atom. The minimum atomic E-state index is -4.40. The quantitative estimate of drug-likeness (QED) is 0.264. The van der Waals surface area contributed by atoms with Gasteiger partial charge in [0.05, 0.1) is 0 Å². The molecule has 0 atom stereocenters. The van der Waals surface area contributed by atoms with Crippen LogP contribution in [-0.4, -0.2) is 51.3 Å². The summed E-state index contributed by atoms with van der Waals surface area (Å²) in [5, 5.41) is 17.6. The Bertz CT molecular complexity index is 421. The number of nitrogens with zero attached hydrogens (tertiary/aromatic N) is 3. The van der Waals surface area contributed by atoms with E-state index >= 15 is 0 Å². The molecule has 0 amide bonds. The lowest BCUT2D eigenvalue weighted by Gasteiger charge is -2.03. The molecule has 108 valence electrons. The van der Waals surface area contributed by atoms with Crippen molar-refractivity contribution in [1.29, 1.82) is 0 Å². The number of aliphatic hydroxyl groups excluding tert-OH is 1. The molecule has 0 spiro atoms. The number of rotatable bonds is 6. The van der Waals surface area contributed by atoms with Crippen LogP contribution in [0.4, 0.5) is 19.1 Å². The van der Waals surface area contributed by atoms with E-state index in [1.54, 1.807) is 0 Å². The second kappa shape index (κ2) is 7.19. The van der Waals surface area contributed by atoms with E-state index in [2.05, 4.69) is 25.5 Å². The topological polar surface area (TPSA) is 112 Å². The van der Waals surface area contributed by atoms with Gasteiger partial charge >= 0.3 is 6.18 Å². The first-order chi connectivity index (χ1) is 8.90. The number of nitrogens with two attached hydrogens (primary N) is 1. The average molecular weight is 298 g/mol. The lowest BCUT2D eigenvalue weighted by Crippen LogP contribution is -2.26. The summed E-state index contributed by atoms with van der Waals surface area (Å²) < 4.78 is 35.6. The molecule has 1 heterocycles. The molecule has 5 N–H and O–H groups in total. The van der Waals surface area contributed by atoms with Gasteiger partial charge in [-0.3, -0.25) is 5.32 Å². The summed E-state index contributed by atoms with van der Waals surface area (Å²) in [5.41, 5.74) is 5.26. The zero-order chi connectivity index (χ0) is 14.3. The summed E-state index contributed by atoms with van der Waals surface area (Å²) in [7, 11) is 0. The van der Waals surface area contributed by atoms with E-state index in [1.807, 2.05) is 0 Å². The van der Waals surface area contributed by atoms with E-state index in [1.165, 1.54) is 11.8 Å². The molecule has 19 heavy (non-hydrogen) atoms. The molecule has 0 saturated heterocycles. The number of H-pyrrole nitrogens is 1. The summed E-state index contributed by atoms with van der Waals surface area (Å²) >= 11 is 1.30. The number of thioether (sulfide) groups is 1. The number of hydrogen-bond donors (Lipinski definition) is 4. The van der Waals surface area contributed by atoms with E-state index in [9.17, 15) is 13.2 Å². The van der Waals surface area contributed by atoms with Gasteiger partial charge in [-0.25, -0.2) is 10.1 Å². The number of aliphatic imine (C=N–C) groups is 1. The maximum Gasteiger partial charge on any atom is 0.408 e. The fourth-order valence-electron chi connectivity index (χ4n) is 0.931. The number of nitrogens with one attached hydrogen (secondary N) is 2. The minimum absolute atomic E-state index is 0.0690. The highest BCUT2D eigenvalue weighted by Gasteiger charge is 2.26. The molecular weight excluding hydrogens is 285 g/mol.